The van der Waals surface area contributed by atoms with Crippen LogP contribution in [0.2, 0.25) is 0 Å². The number of hydrogen-bond donors (Lipinski definition) is 0. The average molecular weight is 363 g/mol. The van der Waals surface area contributed by atoms with E-state index >= 15 is 0 Å². The summed E-state index contributed by atoms with van der Waals surface area (Å²) in [5, 5.41) is 0. The van der Waals surface area contributed by atoms with Gasteiger partial charge in [-0.25, -0.2) is 0 Å². The SMILES string of the molecule is CCCN1c2ccc(C=Nc3ccc(C(C)=O)cc3)cc2C(C)CC1(C)C. The number of rotatable bonds is 5. The van der Waals surface area contributed by atoms with Crippen LogP contribution in [0.3, 0.4) is 0 Å². The number of hydrogen-bond acceptors (Lipinski definition) is 3. The van der Waals surface area contributed by atoms with Gasteiger partial charge >= 0.3 is 0 Å². The standard InChI is InChI=1S/C24H30N2O/c1-6-13-26-23-12-7-19(14-22(23)17(2)15-24(26,4)5)16-25-21-10-8-20(9-11-21)18(3)27/h7-12,14,16-17H,6,13,15H2,1-5H3. The molecule has 0 saturated heterocycles. The first-order valence-corrected chi connectivity index (χ1v) is 9.88. The highest BCUT2D eigenvalue weighted by atomic mass is 16.1. The lowest BCUT2D eigenvalue weighted by atomic mass is 9.79. The van der Waals surface area contributed by atoms with Gasteiger partial charge < -0.3 is 4.90 Å². The molecule has 0 N–H and O–H groups in total. The minimum Gasteiger partial charge on any atom is -0.366 e. The van der Waals surface area contributed by atoms with Crippen LogP contribution < -0.4 is 4.90 Å². The zero-order valence-electron chi connectivity index (χ0n) is 17.1. The summed E-state index contributed by atoms with van der Waals surface area (Å²) >= 11 is 0. The smallest absolute Gasteiger partial charge is 0.159 e. The Kier molecular flexibility index (Phi) is 5.50. The number of nitrogens with zero attached hydrogens (tertiary/aromatic N) is 2. The molecule has 1 aliphatic rings. The highest BCUT2D eigenvalue weighted by Crippen LogP contribution is 2.43. The number of carbonyl (C=O) groups excluding carboxylic acids is 1. The molecular formula is C24H30N2O. The molecule has 0 amide bonds. The zero-order chi connectivity index (χ0) is 19.6. The minimum atomic E-state index is 0.0776. The third-order valence-corrected chi connectivity index (χ3v) is 5.49. The Hall–Kier alpha value is -2.42. The molecule has 0 spiro atoms. The van der Waals surface area contributed by atoms with Crippen LogP contribution in [0.25, 0.3) is 0 Å². The van der Waals surface area contributed by atoms with Crippen molar-refractivity contribution in [1.29, 1.82) is 0 Å². The molecule has 0 bridgehead atoms. The molecule has 142 valence electrons. The maximum atomic E-state index is 11.4. The van der Waals surface area contributed by atoms with Crippen molar-refractivity contribution in [3.8, 4) is 0 Å². The normalized spacial score (nSPS) is 18.6. The molecule has 2 aromatic carbocycles. The van der Waals surface area contributed by atoms with Crippen molar-refractivity contribution in [3.05, 3.63) is 59.2 Å². The quantitative estimate of drug-likeness (QED) is 0.472. The number of carbonyl (C=O) groups is 1. The second-order valence-corrected chi connectivity index (χ2v) is 8.25. The summed E-state index contributed by atoms with van der Waals surface area (Å²) in [4.78, 5) is 18.5. The molecule has 0 aromatic heterocycles. The van der Waals surface area contributed by atoms with Gasteiger partial charge in [0.1, 0.15) is 0 Å². The highest BCUT2D eigenvalue weighted by molar-refractivity contribution is 5.94. The topological polar surface area (TPSA) is 32.7 Å². The molecule has 1 aliphatic heterocycles. The maximum absolute atomic E-state index is 11.4. The Balaban J connectivity index is 1.87. The van der Waals surface area contributed by atoms with E-state index in [0.717, 1.165) is 36.2 Å². The molecule has 3 nitrogen and oxygen atoms in total. The molecule has 2 aromatic rings. The summed E-state index contributed by atoms with van der Waals surface area (Å²) in [7, 11) is 0. The van der Waals surface area contributed by atoms with Crippen molar-refractivity contribution < 1.29 is 4.79 Å². The van der Waals surface area contributed by atoms with Crippen LogP contribution in [0.15, 0.2) is 47.5 Å². The van der Waals surface area contributed by atoms with Crippen molar-refractivity contribution in [2.75, 3.05) is 11.4 Å². The third-order valence-electron chi connectivity index (χ3n) is 5.49. The van der Waals surface area contributed by atoms with Gasteiger partial charge in [0, 0.05) is 29.5 Å². The van der Waals surface area contributed by atoms with E-state index in [1.807, 2.05) is 30.5 Å². The van der Waals surface area contributed by atoms with E-state index < -0.39 is 0 Å². The zero-order valence-corrected chi connectivity index (χ0v) is 17.1. The molecular weight excluding hydrogens is 332 g/mol. The summed E-state index contributed by atoms with van der Waals surface area (Å²) < 4.78 is 0. The average Bonchev–Trinajstić information content (AvgIpc) is 2.63. The van der Waals surface area contributed by atoms with Gasteiger partial charge in [0.15, 0.2) is 5.78 Å². The summed E-state index contributed by atoms with van der Waals surface area (Å²) in [5.74, 6) is 0.611. The van der Waals surface area contributed by atoms with Crippen LogP contribution >= 0.6 is 0 Å². The van der Waals surface area contributed by atoms with Gasteiger partial charge in [0.25, 0.3) is 0 Å². The van der Waals surface area contributed by atoms with Gasteiger partial charge in [0.05, 0.1) is 5.69 Å². The Morgan fingerprint density at radius 2 is 1.93 bits per heavy atom. The summed E-state index contributed by atoms with van der Waals surface area (Å²) in [6, 6.07) is 14.1. The van der Waals surface area contributed by atoms with E-state index in [2.05, 4.69) is 55.8 Å². The summed E-state index contributed by atoms with van der Waals surface area (Å²) in [5.41, 5.74) is 5.67. The Bertz CT molecular complexity index is 849. The molecule has 0 radical (unpaired) electrons. The Morgan fingerprint density at radius 1 is 1.22 bits per heavy atom. The molecule has 27 heavy (non-hydrogen) atoms. The van der Waals surface area contributed by atoms with Crippen LogP contribution in [-0.2, 0) is 0 Å². The van der Waals surface area contributed by atoms with Gasteiger partial charge in [-0.1, -0.05) is 19.9 Å². The lowest BCUT2D eigenvalue weighted by Gasteiger charge is -2.47. The number of Topliss-reactive ketones (excluding diaryl/α,β-unsaturated/α-hetero) is 1. The van der Waals surface area contributed by atoms with E-state index in [4.69, 9.17) is 0 Å². The highest BCUT2D eigenvalue weighted by Gasteiger charge is 2.35. The number of ketones is 1. The van der Waals surface area contributed by atoms with Gasteiger partial charge in [0.2, 0.25) is 0 Å². The monoisotopic (exact) mass is 362 g/mol. The second kappa shape index (κ2) is 7.67. The molecule has 3 heteroatoms. The first-order valence-electron chi connectivity index (χ1n) is 9.88. The first-order chi connectivity index (χ1) is 12.8. The molecule has 3 rings (SSSR count). The third kappa shape index (κ3) is 4.13. The molecule has 0 fully saturated rings. The fourth-order valence-electron chi connectivity index (χ4n) is 4.17. The summed E-state index contributed by atoms with van der Waals surface area (Å²) in [6.07, 6.45) is 4.23. The van der Waals surface area contributed by atoms with Crippen molar-refractivity contribution in [1.82, 2.24) is 0 Å². The minimum absolute atomic E-state index is 0.0776. The van der Waals surface area contributed by atoms with E-state index in [0.29, 0.717) is 5.92 Å². The van der Waals surface area contributed by atoms with Crippen LogP contribution in [0, 0.1) is 0 Å². The predicted molar refractivity (Wildman–Crippen MR) is 115 cm³/mol. The van der Waals surface area contributed by atoms with Crippen molar-refractivity contribution in [2.24, 2.45) is 4.99 Å². The number of anilines is 1. The fraction of sp³-hybridized carbons (Fsp3) is 0.417. The van der Waals surface area contributed by atoms with E-state index in [9.17, 15) is 4.79 Å². The molecule has 1 unspecified atom stereocenters. The van der Waals surface area contributed by atoms with Gasteiger partial charge in [-0.15, -0.1) is 0 Å². The van der Waals surface area contributed by atoms with Gasteiger partial charge in [-0.05, 0) is 87.1 Å². The molecule has 0 saturated carbocycles. The maximum Gasteiger partial charge on any atom is 0.159 e. The second-order valence-electron chi connectivity index (χ2n) is 8.25. The number of aliphatic imine (C=N–C) groups is 1. The van der Waals surface area contributed by atoms with Crippen LogP contribution in [0.5, 0.6) is 0 Å². The van der Waals surface area contributed by atoms with Gasteiger partial charge in [-0.2, -0.15) is 0 Å². The molecule has 1 atom stereocenters. The van der Waals surface area contributed by atoms with E-state index in [-0.39, 0.29) is 11.3 Å². The van der Waals surface area contributed by atoms with Crippen LogP contribution in [-0.4, -0.2) is 24.1 Å². The van der Waals surface area contributed by atoms with Crippen molar-refractivity contribution in [3.63, 3.8) is 0 Å². The lowest BCUT2D eigenvalue weighted by molar-refractivity contribution is 0.101. The Morgan fingerprint density at radius 3 is 2.56 bits per heavy atom. The molecule has 0 aliphatic carbocycles. The van der Waals surface area contributed by atoms with Crippen molar-refractivity contribution in [2.45, 2.75) is 58.9 Å². The van der Waals surface area contributed by atoms with E-state index in [1.54, 1.807) is 6.92 Å². The van der Waals surface area contributed by atoms with Crippen molar-refractivity contribution >= 4 is 23.4 Å². The number of fused-ring (bicyclic) bond motifs is 1. The van der Waals surface area contributed by atoms with Gasteiger partial charge in [-0.3, -0.25) is 9.79 Å². The largest absolute Gasteiger partial charge is 0.366 e. The predicted octanol–water partition coefficient (Wildman–Crippen LogP) is 6.14. The summed E-state index contributed by atoms with van der Waals surface area (Å²) in [6.45, 7) is 11.9. The Labute approximate surface area is 163 Å². The first kappa shape index (κ1) is 19.3. The van der Waals surface area contributed by atoms with Crippen LogP contribution in [0.1, 0.15) is 74.9 Å². The lowest BCUT2D eigenvalue weighted by Crippen LogP contribution is -2.48. The number of benzene rings is 2. The van der Waals surface area contributed by atoms with E-state index in [1.165, 1.54) is 11.3 Å². The molecule has 1 heterocycles. The fourth-order valence-corrected chi connectivity index (χ4v) is 4.17. The van der Waals surface area contributed by atoms with Crippen LogP contribution in [0.4, 0.5) is 11.4 Å².